The summed E-state index contributed by atoms with van der Waals surface area (Å²) in [6.07, 6.45) is 1.40. The zero-order chi connectivity index (χ0) is 11.0. The number of fused-ring (bicyclic) bond motifs is 1. The van der Waals surface area contributed by atoms with Crippen molar-refractivity contribution in [1.29, 1.82) is 0 Å². The molecule has 0 atom stereocenters. The Kier molecular flexibility index (Phi) is 1.79. The van der Waals surface area contributed by atoms with Crippen molar-refractivity contribution >= 4 is 16.9 Å². The van der Waals surface area contributed by atoms with Crippen LogP contribution in [0, 0.1) is 0 Å². The zero-order valence-electron chi connectivity index (χ0n) is 8.28. The smallest absolute Gasteiger partial charge is 0.161 e. The molecule has 0 spiro atoms. The first-order valence-corrected chi connectivity index (χ1v) is 4.73. The number of rotatable bonds is 1. The molecular formula is C10H8N6. The van der Waals surface area contributed by atoms with Gasteiger partial charge in [-0.1, -0.05) is 17.3 Å². The van der Waals surface area contributed by atoms with Crippen LogP contribution in [0.3, 0.4) is 0 Å². The molecule has 0 radical (unpaired) electrons. The predicted octanol–water partition coefficient (Wildman–Crippen LogP) is 0.793. The lowest BCUT2D eigenvalue weighted by Crippen LogP contribution is -2.02. The summed E-state index contributed by atoms with van der Waals surface area (Å²) in [5.74, 6) is 1.02. The molecule has 0 fully saturated rings. The fourth-order valence-electron chi connectivity index (χ4n) is 1.52. The standard InChI is InChI=1S/C10H8N6/c11-9-5-10(13-6-12-9)16-8-4-2-1-3-7(8)14-15-16/h1-6H,(H2,11,12,13). The molecule has 3 aromatic rings. The number of nitrogens with two attached hydrogens (primary N) is 1. The van der Waals surface area contributed by atoms with Crippen molar-refractivity contribution in [2.24, 2.45) is 0 Å². The summed E-state index contributed by atoms with van der Waals surface area (Å²) in [6.45, 7) is 0. The van der Waals surface area contributed by atoms with Crippen LogP contribution >= 0.6 is 0 Å². The van der Waals surface area contributed by atoms with Crippen LogP contribution in [0.4, 0.5) is 5.82 Å². The highest BCUT2D eigenvalue weighted by molar-refractivity contribution is 5.75. The van der Waals surface area contributed by atoms with Gasteiger partial charge in [0, 0.05) is 6.07 Å². The molecule has 2 N–H and O–H groups in total. The Bertz CT molecular complexity index is 644. The molecule has 0 aliphatic carbocycles. The van der Waals surface area contributed by atoms with E-state index in [1.54, 1.807) is 10.7 Å². The van der Waals surface area contributed by atoms with Gasteiger partial charge in [0.2, 0.25) is 0 Å². The maximum atomic E-state index is 5.60. The van der Waals surface area contributed by atoms with E-state index in [1.807, 2.05) is 24.3 Å². The molecule has 16 heavy (non-hydrogen) atoms. The van der Waals surface area contributed by atoms with Gasteiger partial charge in [-0.25, -0.2) is 9.97 Å². The summed E-state index contributed by atoms with van der Waals surface area (Å²) in [6, 6.07) is 9.31. The van der Waals surface area contributed by atoms with Gasteiger partial charge < -0.3 is 5.73 Å². The molecule has 1 aromatic carbocycles. The lowest BCUT2D eigenvalue weighted by molar-refractivity contribution is 0.798. The van der Waals surface area contributed by atoms with E-state index in [9.17, 15) is 0 Å². The molecule has 0 unspecified atom stereocenters. The van der Waals surface area contributed by atoms with Crippen LogP contribution in [0.2, 0.25) is 0 Å². The maximum Gasteiger partial charge on any atom is 0.161 e. The molecule has 3 rings (SSSR count). The molecule has 78 valence electrons. The topological polar surface area (TPSA) is 82.5 Å². The first-order valence-electron chi connectivity index (χ1n) is 4.73. The lowest BCUT2D eigenvalue weighted by Gasteiger charge is -2.00. The minimum Gasteiger partial charge on any atom is -0.384 e. The summed E-state index contributed by atoms with van der Waals surface area (Å²) < 4.78 is 1.63. The summed E-state index contributed by atoms with van der Waals surface area (Å²) in [7, 11) is 0. The van der Waals surface area contributed by atoms with Crippen LogP contribution < -0.4 is 5.73 Å². The predicted molar refractivity (Wildman–Crippen MR) is 58.9 cm³/mol. The molecule has 0 amide bonds. The number of benzene rings is 1. The molecule has 0 saturated carbocycles. The van der Waals surface area contributed by atoms with Crippen molar-refractivity contribution in [3.63, 3.8) is 0 Å². The van der Waals surface area contributed by atoms with Crippen molar-refractivity contribution in [2.45, 2.75) is 0 Å². The number of para-hydroxylation sites is 1. The second-order valence-corrected chi connectivity index (χ2v) is 3.29. The summed E-state index contributed by atoms with van der Waals surface area (Å²) >= 11 is 0. The quantitative estimate of drug-likeness (QED) is 0.644. The van der Waals surface area contributed by atoms with E-state index in [0.29, 0.717) is 11.6 Å². The number of nitrogen functional groups attached to an aromatic ring is 1. The van der Waals surface area contributed by atoms with Crippen LogP contribution in [0.5, 0.6) is 0 Å². The monoisotopic (exact) mass is 212 g/mol. The van der Waals surface area contributed by atoms with Gasteiger partial charge in [0.1, 0.15) is 17.7 Å². The fourth-order valence-corrected chi connectivity index (χ4v) is 1.52. The lowest BCUT2D eigenvalue weighted by atomic mass is 10.3. The molecular weight excluding hydrogens is 204 g/mol. The minimum absolute atomic E-state index is 0.407. The highest BCUT2D eigenvalue weighted by Crippen LogP contribution is 2.14. The molecule has 0 aliphatic rings. The van der Waals surface area contributed by atoms with E-state index < -0.39 is 0 Å². The Morgan fingerprint density at radius 2 is 2.00 bits per heavy atom. The second kappa shape index (κ2) is 3.27. The van der Waals surface area contributed by atoms with E-state index in [1.165, 1.54) is 6.33 Å². The first kappa shape index (κ1) is 8.78. The van der Waals surface area contributed by atoms with Crippen LogP contribution in [-0.4, -0.2) is 25.0 Å². The van der Waals surface area contributed by atoms with Gasteiger partial charge in [-0.15, -0.1) is 5.10 Å². The maximum absolute atomic E-state index is 5.60. The Balaban J connectivity index is 2.26. The molecule has 2 heterocycles. The van der Waals surface area contributed by atoms with E-state index >= 15 is 0 Å². The van der Waals surface area contributed by atoms with Gasteiger partial charge in [0.25, 0.3) is 0 Å². The third kappa shape index (κ3) is 1.28. The number of aromatic nitrogens is 5. The van der Waals surface area contributed by atoms with E-state index in [2.05, 4.69) is 20.3 Å². The normalized spacial score (nSPS) is 10.8. The summed E-state index contributed by atoms with van der Waals surface area (Å²) in [5.41, 5.74) is 7.30. The molecule has 0 saturated heterocycles. The SMILES string of the molecule is Nc1cc(-n2nnc3ccccc32)ncn1. The average Bonchev–Trinajstić information content (AvgIpc) is 2.72. The molecule has 0 aliphatic heterocycles. The molecule has 6 nitrogen and oxygen atoms in total. The van der Waals surface area contributed by atoms with E-state index in [0.717, 1.165) is 11.0 Å². The highest BCUT2D eigenvalue weighted by atomic mass is 15.4. The molecule has 2 aromatic heterocycles. The van der Waals surface area contributed by atoms with Crippen LogP contribution in [0.1, 0.15) is 0 Å². The Morgan fingerprint density at radius 1 is 1.12 bits per heavy atom. The van der Waals surface area contributed by atoms with Crippen molar-refractivity contribution in [3.8, 4) is 5.82 Å². The summed E-state index contributed by atoms with van der Waals surface area (Å²) in [5, 5.41) is 8.06. The van der Waals surface area contributed by atoms with Gasteiger partial charge in [0.05, 0.1) is 5.52 Å². The van der Waals surface area contributed by atoms with Crippen molar-refractivity contribution in [1.82, 2.24) is 25.0 Å². The van der Waals surface area contributed by atoms with Gasteiger partial charge in [-0.2, -0.15) is 4.68 Å². The Hall–Kier alpha value is -2.50. The zero-order valence-corrected chi connectivity index (χ0v) is 8.28. The number of hydrogen-bond acceptors (Lipinski definition) is 5. The number of hydrogen-bond donors (Lipinski definition) is 1. The average molecular weight is 212 g/mol. The minimum atomic E-state index is 0.407. The number of anilines is 1. The Morgan fingerprint density at radius 3 is 2.88 bits per heavy atom. The second-order valence-electron chi connectivity index (χ2n) is 3.29. The van der Waals surface area contributed by atoms with Crippen LogP contribution in [0.15, 0.2) is 36.7 Å². The summed E-state index contributed by atoms with van der Waals surface area (Å²) in [4.78, 5) is 7.94. The van der Waals surface area contributed by atoms with Crippen LogP contribution in [-0.2, 0) is 0 Å². The first-order chi connectivity index (χ1) is 7.84. The highest BCUT2D eigenvalue weighted by Gasteiger charge is 2.06. The van der Waals surface area contributed by atoms with E-state index in [-0.39, 0.29) is 0 Å². The Labute approximate surface area is 90.7 Å². The van der Waals surface area contributed by atoms with Crippen molar-refractivity contribution in [2.75, 3.05) is 5.73 Å². The fraction of sp³-hybridized carbons (Fsp3) is 0. The van der Waals surface area contributed by atoms with Gasteiger partial charge >= 0.3 is 0 Å². The van der Waals surface area contributed by atoms with Crippen molar-refractivity contribution < 1.29 is 0 Å². The molecule has 6 heteroatoms. The number of nitrogens with zero attached hydrogens (tertiary/aromatic N) is 5. The third-order valence-corrected chi connectivity index (χ3v) is 2.24. The van der Waals surface area contributed by atoms with E-state index in [4.69, 9.17) is 5.73 Å². The van der Waals surface area contributed by atoms with Crippen LogP contribution in [0.25, 0.3) is 16.9 Å². The van der Waals surface area contributed by atoms with Crippen molar-refractivity contribution in [3.05, 3.63) is 36.7 Å². The molecule has 0 bridgehead atoms. The largest absolute Gasteiger partial charge is 0.384 e. The van der Waals surface area contributed by atoms with Gasteiger partial charge in [-0.3, -0.25) is 0 Å². The van der Waals surface area contributed by atoms with Gasteiger partial charge in [-0.05, 0) is 12.1 Å². The van der Waals surface area contributed by atoms with Gasteiger partial charge in [0.15, 0.2) is 5.82 Å². The third-order valence-electron chi connectivity index (χ3n) is 2.24.